The number of carbonyl (C=O) groups excluding carboxylic acids is 5. The first-order valence-electron chi connectivity index (χ1n) is 12.8. The summed E-state index contributed by atoms with van der Waals surface area (Å²) in [6, 6.07) is 11.7. The fourth-order valence-corrected chi connectivity index (χ4v) is 7.02. The van der Waals surface area contributed by atoms with Crippen LogP contribution >= 0.6 is 15.9 Å². The molecule has 0 bridgehead atoms. The fraction of sp³-hybridized carbons (Fsp3) is 0.258. The summed E-state index contributed by atoms with van der Waals surface area (Å²) in [7, 11) is 0. The van der Waals surface area contributed by atoms with Gasteiger partial charge in [-0.25, -0.2) is 0 Å². The Labute approximate surface area is 233 Å². The van der Waals surface area contributed by atoms with E-state index in [-0.39, 0.29) is 45.8 Å². The number of rotatable bonds is 3. The second kappa shape index (κ2) is 9.09. The van der Waals surface area contributed by atoms with Crippen molar-refractivity contribution in [2.24, 2.45) is 17.8 Å². The van der Waals surface area contributed by atoms with Crippen LogP contribution in [0.4, 0.5) is 5.69 Å². The molecule has 1 saturated heterocycles. The van der Waals surface area contributed by atoms with E-state index in [2.05, 4.69) is 15.9 Å². The number of carbonyl (C=O) groups is 5. The van der Waals surface area contributed by atoms with Gasteiger partial charge in [-0.2, -0.15) is 0 Å². The number of benzene rings is 2. The zero-order chi connectivity index (χ0) is 27.7. The number of nitrogens with zero attached hydrogens (tertiary/aromatic N) is 1. The first-order chi connectivity index (χ1) is 18.6. The number of fused-ring (bicyclic) bond motifs is 3. The Morgan fingerprint density at radius 1 is 1.00 bits per heavy atom. The molecule has 0 unspecified atom stereocenters. The minimum atomic E-state index is -0.721. The number of ketones is 3. The third-order valence-electron chi connectivity index (χ3n) is 8.44. The number of anilines is 1. The fourth-order valence-electron chi connectivity index (χ4n) is 6.58. The molecule has 2 aromatic rings. The molecule has 1 heterocycles. The van der Waals surface area contributed by atoms with E-state index in [1.165, 1.54) is 17.9 Å². The summed E-state index contributed by atoms with van der Waals surface area (Å²) in [5.74, 6) is -3.95. The number of Topliss-reactive ketones (excluding diaryl/α,β-unsaturated/α-hetero) is 2. The first-order valence-corrected chi connectivity index (χ1v) is 13.6. The highest BCUT2D eigenvalue weighted by Crippen LogP contribution is 2.56. The number of halogens is 1. The summed E-state index contributed by atoms with van der Waals surface area (Å²) in [6.07, 6.45) is 3.64. The third-order valence-corrected chi connectivity index (χ3v) is 9.03. The van der Waals surface area contributed by atoms with Crippen LogP contribution in [0.1, 0.15) is 47.2 Å². The molecule has 1 fully saturated rings. The number of allylic oxidation sites excluding steroid dienone is 6. The molecule has 4 atom stereocenters. The molecule has 2 aromatic carbocycles. The maximum atomic E-state index is 13.9. The van der Waals surface area contributed by atoms with Crippen molar-refractivity contribution < 1.29 is 29.1 Å². The first kappa shape index (κ1) is 25.4. The molecule has 1 N–H and O–H groups in total. The molecule has 3 aliphatic carbocycles. The SMILES string of the molecule is CC(=O)c1ccc(N2C(=O)[C@H]3[C@H](CC=C4[C@H](c5cccc(C)c5O)C5=C(C[C@H]43)C(=O)C(Br)=CC5=O)C2=O)cc1. The van der Waals surface area contributed by atoms with Gasteiger partial charge in [-0.1, -0.05) is 29.8 Å². The molecule has 0 radical (unpaired) electrons. The van der Waals surface area contributed by atoms with Gasteiger partial charge in [0.15, 0.2) is 17.3 Å². The van der Waals surface area contributed by atoms with Crippen LogP contribution in [0.2, 0.25) is 0 Å². The lowest BCUT2D eigenvalue weighted by Gasteiger charge is -2.42. The van der Waals surface area contributed by atoms with Crippen molar-refractivity contribution in [3.05, 3.63) is 92.5 Å². The summed E-state index contributed by atoms with van der Waals surface area (Å²) in [6.45, 7) is 3.21. The number of phenolic OH excluding ortho intramolecular Hbond substituents is 1. The van der Waals surface area contributed by atoms with Gasteiger partial charge in [0.05, 0.1) is 22.0 Å². The maximum Gasteiger partial charge on any atom is 0.238 e. The van der Waals surface area contributed by atoms with Crippen molar-refractivity contribution in [1.29, 1.82) is 0 Å². The molecular weight excluding hydrogens is 562 g/mol. The topological polar surface area (TPSA) is 109 Å². The van der Waals surface area contributed by atoms with Gasteiger partial charge in [0.25, 0.3) is 0 Å². The molecule has 6 rings (SSSR count). The molecule has 0 saturated carbocycles. The zero-order valence-corrected chi connectivity index (χ0v) is 22.8. The maximum absolute atomic E-state index is 13.9. The van der Waals surface area contributed by atoms with Gasteiger partial charge in [0.1, 0.15) is 5.75 Å². The van der Waals surface area contributed by atoms with Gasteiger partial charge >= 0.3 is 0 Å². The lowest BCUT2D eigenvalue weighted by atomic mass is 9.59. The Bertz CT molecular complexity index is 1610. The van der Waals surface area contributed by atoms with E-state index in [1.54, 1.807) is 49.4 Å². The average molecular weight is 586 g/mol. The predicted octanol–water partition coefficient (Wildman–Crippen LogP) is 4.87. The van der Waals surface area contributed by atoms with Crippen LogP contribution in [0.25, 0.3) is 0 Å². The second-order valence-corrected chi connectivity index (χ2v) is 11.4. The molecule has 8 heteroatoms. The van der Waals surface area contributed by atoms with Gasteiger partial charge in [-0.15, -0.1) is 0 Å². The summed E-state index contributed by atoms with van der Waals surface area (Å²) < 4.78 is 0.152. The monoisotopic (exact) mass is 585 g/mol. The summed E-state index contributed by atoms with van der Waals surface area (Å²) >= 11 is 3.22. The average Bonchev–Trinajstić information content (AvgIpc) is 3.17. The standard InChI is InChI=1S/C31H24BrNO6/c1-14-4-3-5-19(28(14)36)25-18-10-11-20-26(21(18)12-22-27(25)24(35)13-23(32)29(22)37)31(39)33(30(20)38)17-8-6-16(7-9-17)15(2)34/h3-10,13,20-21,25-26,36H,11-12H2,1-2H3/t20-,21+,25+,26-/m0/s1. The number of para-hydroxylation sites is 1. The minimum absolute atomic E-state index is 0.0351. The van der Waals surface area contributed by atoms with E-state index in [0.29, 0.717) is 39.9 Å². The summed E-state index contributed by atoms with van der Waals surface area (Å²) in [5, 5.41) is 11.0. The lowest BCUT2D eigenvalue weighted by molar-refractivity contribution is -0.123. The van der Waals surface area contributed by atoms with Crippen molar-refractivity contribution >= 4 is 50.8 Å². The lowest BCUT2D eigenvalue weighted by Crippen LogP contribution is -2.39. The van der Waals surface area contributed by atoms with Crippen molar-refractivity contribution in [3.63, 3.8) is 0 Å². The number of amides is 2. The van der Waals surface area contributed by atoms with Gasteiger partial charge in [-0.3, -0.25) is 28.9 Å². The summed E-state index contributed by atoms with van der Waals surface area (Å²) in [4.78, 5) is 67.0. The second-order valence-electron chi connectivity index (χ2n) is 10.5. The predicted molar refractivity (Wildman–Crippen MR) is 146 cm³/mol. The molecular formula is C31H24BrNO6. The van der Waals surface area contributed by atoms with Crippen LogP contribution in [0, 0.1) is 24.7 Å². The van der Waals surface area contributed by atoms with Gasteiger partial charge in [0, 0.05) is 34.3 Å². The Balaban J connectivity index is 1.47. The van der Waals surface area contributed by atoms with E-state index in [4.69, 9.17) is 0 Å². The van der Waals surface area contributed by atoms with Gasteiger partial charge in [-0.05, 0) is 78.4 Å². The Morgan fingerprint density at radius 3 is 2.41 bits per heavy atom. The van der Waals surface area contributed by atoms with Crippen LogP contribution in [-0.2, 0) is 19.2 Å². The molecule has 39 heavy (non-hydrogen) atoms. The number of hydrogen-bond acceptors (Lipinski definition) is 6. The number of aryl methyl sites for hydroxylation is 1. The Hall–Kier alpha value is -3.91. The van der Waals surface area contributed by atoms with Crippen LogP contribution < -0.4 is 4.90 Å². The number of hydrogen-bond donors (Lipinski definition) is 1. The normalized spacial score (nSPS) is 26.2. The van der Waals surface area contributed by atoms with E-state index in [9.17, 15) is 29.1 Å². The highest BCUT2D eigenvalue weighted by atomic mass is 79.9. The molecule has 4 aliphatic rings. The van der Waals surface area contributed by atoms with E-state index >= 15 is 0 Å². The Morgan fingerprint density at radius 2 is 1.72 bits per heavy atom. The minimum Gasteiger partial charge on any atom is -0.507 e. The molecule has 0 spiro atoms. The molecule has 0 aromatic heterocycles. The largest absolute Gasteiger partial charge is 0.507 e. The highest BCUT2D eigenvalue weighted by molar-refractivity contribution is 9.12. The number of phenols is 1. The van der Waals surface area contributed by atoms with Gasteiger partial charge < -0.3 is 5.11 Å². The highest BCUT2D eigenvalue weighted by Gasteiger charge is 2.56. The van der Waals surface area contributed by atoms with Crippen LogP contribution in [0.3, 0.4) is 0 Å². The van der Waals surface area contributed by atoms with E-state index in [0.717, 1.165) is 5.57 Å². The molecule has 1 aliphatic heterocycles. The van der Waals surface area contributed by atoms with E-state index < -0.39 is 23.7 Å². The Kier molecular flexibility index (Phi) is 5.91. The number of aromatic hydroxyl groups is 1. The van der Waals surface area contributed by atoms with Gasteiger partial charge in [0.2, 0.25) is 11.8 Å². The van der Waals surface area contributed by atoms with Crippen molar-refractivity contribution in [1.82, 2.24) is 0 Å². The van der Waals surface area contributed by atoms with Crippen molar-refractivity contribution in [2.45, 2.75) is 32.6 Å². The van der Waals surface area contributed by atoms with Crippen LogP contribution in [0.15, 0.2) is 75.8 Å². The van der Waals surface area contributed by atoms with Crippen molar-refractivity contribution in [3.8, 4) is 5.75 Å². The third kappa shape index (κ3) is 3.72. The number of imide groups is 1. The van der Waals surface area contributed by atoms with E-state index in [1.807, 2.05) is 6.08 Å². The zero-order valence-electron chi connectivity index (χ0n) is 21.2. The molecule has 196 valence electrons. The van der Waals surface area contributed by atoms with Crippen LogP contribution in [-0.4, -0.2) is 34.3 Å². The van der Waals surface area contributed by atoms with Crippen LogP contribution in [0.5, 0.6) is 5.75 Å². The smallest absolute Gasteiger partial charge is 0.238 e. The summed E-state index contributed by atoms with van der Waals surface area (Å²) in [5.41, 5.74) is 3.40. The molecule has 2 amide bonds. The molecule has 7 nitrogen and oxygen atoms in total. The quantitative estimate of drug-likeness (QED) is 0.238. The van der Waals surface area contributed by atoms with Crippen molar-refractivity contribution in [2.75, 3.05) is 4.90 Å².